The van der Waals surface area contributed by atoms with E-state index in [0.717, 1.165) is 32.0 Å². The Hall–Kier alpha value is -1.55. The molecule has 17 heavy (non-hydrogen) atoms. The summed E-state index contributed by atoms with van der Waals surface area (Å²) in [6.45, 7) is 8.09. The van der Waals surface area contributed by atoms with Crippen LogP contribution in [0.1, 0.15) is 18.3 Å². The molecule has 0 aliphatic carbocycles. The van der Waals surface area contributed by atoms with Crippen LogP contribution in [-0.2, 0) is 19.6 Å². The molecule has 1 N–H and O–H groups in total. The lowest BCUT2D eigenvalue weighted by atomic mass is 10.3. The van der Waals surface area contributed by atoms with Gasteiger partial charge in [-0.15, -0.1) is 0 Å². The van der Waals surface area contributed by atoms with Crippen molar-refractivity contribution >= 4 is 0 Å². The summed E-state index contributed by atoms with van der Waals surface area (Å²) in [5.41, 5.74) is 1.34. The van der Waals surface area contributed by atoms with Gasteiger partial charge >= 0.3 is 0 Å². The zero-order valence-corrected chi connectivity index (χ0v) is 10.6. The molecule has 0 aliphatic heterocycles. The van der Waals surface area contributed by atoms with Crippen molar-refractivity contribution in [1.82, 2.24) is 19.4 Å². The molecular weight excluding hydrogens is 212 g/mol. The summed E-state index contributed by atoms with van der Waals surface area (Å²) in [4.78, 5) is 4.22. The van der Waals surface area contributed by atoms with Crippen molar-refractivity contribution in [3.63, 3.8) is 0 Å². The van der Waals surface area contributed by atoms with E-state index < -0.39 is 0 Å². The van der Waals surface area contributed by atoms with Crippen LogP contribution >= 0.6 is 0 Å². The summed E-state index contributed by atoms with van der Waals surface area (Å²) in [6, 6.07) is 2.17. The van der Waals surface area contributed by atoms with Gasteiger partial charge in [-0.25, -0.2) is 4.98 Å². The maximum Gasteiger partial charge on any atom is 0.105 e. The Morgan fingerprint density at radius 3 is 2.88 bits per heavy atom. The van der Waals surface area contributed by atoms with E-state index in [9.17, 15) is 0 Å². The quantitative estimate of drug-likeness (QED) is 0.824. The number of hydrogen-bond acceptors (Lipinski definition) is 2. The highest BCUT2D eigenvalue weighted by atomic mass is 15.1. The number of hydrogen-bond donors (Lipinski definition) is 1. The fraction of sp³-hybridized carbons (Fsp3) is 0.462. The van der Waals surface area contributed by atoms with Crippen LogP contribution in [0.25, 0.3) is 0 Å². The van der Waals surface area contributed by atoms with Gasteiger partial charge in [0.1, 0.15) is 5.82 Å². The molecular formula is C13H20N4. The first kappa shape index (κ1) is 11.9. The molecule has 0 amide bonds. The molecule has 0 radical (unpaired) electrons. The second-order valence-electron chi connectivity index (χ2n) is 4.21. The molecule has 0 bridgehead atoms. The molecule has 0 fully saturated rings. The van der Waals surface area contributed by atoms with E-state index in [0.29, 0.717) is 0 Å². The summed E-state index contributed by atoms with van der Waals surface area (Å²) in [6.07, 6.45) is 8.22. The first-order chi connectivity index (χ1) is 8.29. The minimum absolute atomic E-state index is 0.952. The van der Waals surface area contributed by atoms with E-state index in [2.05, 4.69) is 44.8 Å². The van der Waals surface area contributed by atoms with Crippen LogP contribution < -0.4 is 5.32 Å². The predicted octanol–water partition coefficient (Wildman–Crippen LogP) is 1.80. The molecule has 2 aromatic rings. The Kier molecular flexibility index (Phi) is 3.98. The van der Waals surface area contributed by atoms with Crippen molar-refractivity contribution < 1.29 is 0 Å². The zero-order chi connectivity index (χ0) is 12.1. The number of aryl methyl sites for hydroxylation is 3. The largest absolute Gasteiger partial charge is 0.352 e. The van der Waals surface area contributed by atoms with E-state index in [1.165, 1.54) is 5.56 Å². The monoisotopic (exact) mass is 232 g/mol. The van der Waals surface area contributed by atoms with E-state index >= 15 is 0 Å². The molecule has 0 spiro atoms. The standard InChI is InChI=1S/C13H20N4/c1-3-14-10-13-4-6-16(11-13)8-9-17-7-5-15-12(17)2/h4-7,11,14H,3,8-10H2,1-2H3. The summed E-state index contributed by atoms with van der Waals surface area (Å²) >= 11 is 0. The third-order valence-corrected chi connectivity index (χ3v) is 2.91. The van der Waals surface area contributed by atoms with Gasteiger partial charge in [0.25, 0.3) is 0 Å². The maximum absolute atomic E-state index is 4.22. The van der Waals surface area contributed by atoms with Gasteiger partial charge in [0.15, 0.2) is 0 Å². The van der Waals surface area contributed by atoms with Crippen LogP contribution in [0.2, 0.25) is 0 Å². The van der Waals surface area contributed by atoms with E-state index in [1.807, 2.05) is 19.3 Å². The van der Waals surface area contributed by atoms with Crippen LogP contribution in [0.15, 0.2) is 30.9 Å². The molecule has 92 valence electrons. The molecule has 0 aromatic carbocycles. The lowest BCUT2D eigenvalue weighted by molar-refractivity contribution is 0.568. The molecule has 2 aromatic heterocycles. The fourth-order valence-corrected chi connectivity index (χ4v) is 1.87. The second-order valence-corrected chi connectivity index (χ2v) is 4.21. The number of rotatable bonds is 6. The highest BCUT2D eigenvalue weighted by Crippen LogP contribution is 2.03. The van der Waals surface area contributed by atoms with Crippen LogP contribution in [-0.4, -0.2) is 20.7 Å². The Labute approximate surface area is 102 Å². The van der Waals surface area contributed by atoms with Crippen molar-refractivity contribution in [3.05, 3.63) is 42.2 Å². The Morgan fingerprint density at radius 1 is 1.29 bits per heavy atom. The number of nitrogens with zero attached hydrogens (tertiary/aromatic N) is 3. The molecule has 0 aliphatic rings. The molecule has 0 saturated carbocycles. The smallest absolute Gasteiger partial charge is 0.105 e. The topological polar surface area (TPSA) is 34.8 Å². The summed E-state index contributed by atoms with van der Waals surface area (Å²) < 4.78 is 4.40. The molecule has 4 heteroatoms. The predicted molar refractivity (Wildman–Crippen MR) is 68.8 cm³/mol. The van der Waals surface area contributed by atoms with Crippen LogP contribution in [0.4, 0.5) is 0 Å². The first-order valence-electron chi connectivity index (χ1n) is 6.12. The van der Waals surface area contributed by atoms with Crippen LogP contribution in [0, 0.1) is 6.92 Å². The van der Waals surface area contributed by atoms with Gasteiger partial charge in [-0.1, -0.05) is 6.92 Å². The Bertz CT molecular complexity index is 455. The number of nitrogens with one attached hydrogen (secondary N) is 1. The molecule has 0 unspecified atom stereocenters. The molecule has 2 rings (SSSR count). The van der Waals surface area contributed by atoms with Crippen LogP contribution in [0.5, 0.6) is 0 Å². The fourth-order valence-electron chi connectivity index (χ4n) is 1.87. The summed E-state index contributed by atoms with van der Waals surface area (Å²) in [5.74, 6) is 1.07. The third kappa shape index (κ3) is 3.20. The number of aromatic nitrogens is 3. The number of imidazole rings is 1. The van der Waals surface area contributed by atoms with Gasteiger partial charge in [0, 0.05) is 44.4 Å². The van der Waals surface area contributed by atoms with Gasteiger partial charge in [0.05, 0.1) is 0 Å². The average Bonchev–Trinajstić information content (AvgIpc) is 2.93. The summed E-state index contributed by atoms with van der Waals surface area (Å²) in [5, 5.41) is 3.33. The summed E-state index contributed by atoms with van der Waals surface area (Å²) in [7, 11) is 0. The van der Waals surface area contributed by atoms with Gasteiger partial charge in [0.2, 0.25) is 0 Å². The van der Waals surface area contributed by atoms with Crippen molar-refractivity contribution in [2.24, 2.45) is 0 Å². The van der Waals surface area contributed by atoms with Gasteiger partial charge in [-0.3, -0.25) is 0 Å². The van der Waals surface area contributed by atoms with Gasteiger partial charge < -0.3 is 14.5 Å². The average molecular weight is 232 g/mol. The van der Waals surface area contributed by atoms with E-state index in [4.69, 9.17) is 0 Å². The van der Waals surface area contributed by atoms with Crippen molar-refractivity contribution in [2.75, 3.05) is 6.54 Å². The minimum Gasteiger partial charge on any atom is -0.352 e. The molecule has 0 saturated heterocycles. The lowest BCUT2D eigenvalue weighted by Gasteiger charge is -2.06. The van der Waals surface area contributed by atoms with E-state index in [1.54, 1.807) is 0 Å². The van der Waals surface area contributed by atoms with Crippen molar-refractivity contribution in [3.8, 4) is 0 Å². The van der Waals surface area contributed by atoms with Gasteiger partial charge in [-0.05, 0) is 25.1 Å². The van der Waals surface area contributed by atoms with E-state index in [-0.39, 0.29) is 0 Å². The Balaban J connectivity index is 1.87. The normalized spacial score (nSPS) is 10.9. The molecule has 4 nitrogen and oxygen atoms in total. The third-order valence-electron chi connectivity index (χ3n) is 2.91. The first-order valence-corrected chi connectivity index (χ1v) is 6.12. The minimum atomic E-state index is 0.952. The molecule has 0 atom stereocenters. The highest BCUT2D eigenvalue weighted by molar-refractivity contribution is 5.09. The zero-order valence-electron chi connectivity index (χ0n) is 10.6. The van der Waals surface area contributed by atoms with Crippen LogP contribution in [0.3, 0.4) is 0 Å². The lowest BCUT2D eigenvalue weighted by Crippen LogP contribution is -2.11. The SMILES string of the molecule is CCNCc1ccn(CCn2ccnc2C)c1. The van der Waals surface area contributed by atoms with Gasteiger partial charge in [-0.2, -0.15) is 0 Å². The Morgan fingerprint density at radius 2 is 2.18 bits per heavy atom. The molecule has 2 heterocycles. The second kappa shape index (κ2) is 5.68. The maximum atomic E-state index is 4.22. The van der Waals surface area contributed by atoms with Crippen molar-refractivity contribution in [2.45, 2.75) is 33.5 Å². The highest BCUT2D eigenvalue weighted by Gasteiger charge is 1.99. The van der Waals surface area contributed by atoms with Crippen molar-refractivity contribution in [1.29, 1.82) is 0 Å².